The molecule has 0 aliphatic rings. The first-order valence-electron chi connectivity index (χ1n) is 6.97. The van der Waals surface area contributed by atoms with Gasteiger partial charge >= 0.3 is 0 Å². The molecule has 1 aromatic carbocycles. The van der Waals surface area contributed by atoms with Crippen LogP contribution in [0.15, 0.2) is 42.5 Å². The van der Waals surface area contributed by atoms with Crippen molar-refractivity contribution >= 4 is 0 Å². The maximum atomic E-state index is 5.67. The molecule has 0 fully saturated rings. The van der Waals surface area contributed by atoms with Crippen molar-refractivity contribution in [3.8, 4) is 5.75 Å². The van der Waals surface area contributed by atoms with Gasteiger partial charge in [-0.25, -0.2) is 0 Å². The molecule has 1 unspecified atom stereocenters. The minimum absolute atomic E-state index is 0.100. The molecule has 0 amide bonds. The molecule has 2 aromatic rings. The van der Waals surface area contributed by atoms with Crippen LogP contribution in [0.3, 0.4) is 0 Å². The van der Waals surface area contributed by atoms with Crippen molar-refractivity contribution in [2.24, 2.45) is 0 Å². The maximum Gasteiger partial charge on any atom is 0.119 e. The lowest BCUT2D eigenvalue weighted by molar-refractivity contribution is 0.242. The minimum Gasteiger partial charge on any atom is -0.491 e. The number of aromatic nitrogens is 1. The number of benzene rings is 1. The summed E-state index contributed by atoms with van der Waals surface area (Å²) in [5.74, 6) is 0.899. The zero-order chi connectivity index (χ0) is 14.5. The van der Waals surface area contributed by atoms with Gasteiger partial charge in [0.1, 0.15) is 5.75 Å². The fourth-order valence-electron chi connectivity index (χ4n) is 2.22. The summed E-state index contributed by atoms with van der Waals surface area (Å²) >= 11 is 0. The zero-order valence-electron chi connectivity index (χ0n) is 12.6. The molecular formula is C17H22N2O. The predicted molar refractivity (Wildman–Crippen MR) is 82.1 cm³/mol. The van der Waals surface area contributed by atoms with E-state index in [9.17, 15) is 0 Å². The topological polar surface area (TPSA) is 34.1 Å². The van der Waals surface area contributed by atoms with Crippen LogP contribution >= 0.6 is 0 Å². The van der Waals surface area contributed by atoms with E-state index in [4.69, 9.17) is 4.74 Å². The molecule has 1 N–H and O–H groups in total. The number of nitrogens with one attached hydrogen (secondary N) is 1. The third kappa shape index (κ3) is 3.58. The lowest BCUT2D eigenvalue weighted by atomic mass is 10.0. The zero-order valence-corrected chi connectivity index (χ0v) is 12.6. The summed E-state index contributed by atoms with van der Waals surface area (Å²) in [7, 11) is 1.95. The van der Waals surface area contributed by atoms with Crippen LogP contribution in [-0.2, 0) is 0 Å². The van der Waals surface area contributed by atoms with Crippen LogP contribution in [-0.4, -0.2) is 18.1 Å². The molecule has 3 nitrogen and oxygen atoms in total. The largest absolute Gasteiger partial charge is 0.491 e. The Labute approximate surface area is 121 Å². The second-order valence-electron chi connectivity index (χ2n) is 5.16. The van der Waals surface area contributed by atoms with Gasteiger partial charge in [-0.3, -0.25) is 4.98 Å². The third-order valence-corrected chi connectivity index (χ3v) is 3.08. The van der Waals surface area contributed by atoms with Crippen LogP contribution in [0.5, 0.6) is 5.75 Å². The van der Waals surface area contributed by atoms with Crippen molar-refractivity contribution in [1.29, 1.82) is 0 Å². The van der Waals surface area contributed by atoms with Gasteiger partial charge < -0.3 is 10.1 Å². The Morgan fingerprint density at radius 2 is 1.75 bits per heavy atom. The van der Waals surface area contributed by atoms with Crippen LogP contribution in [0, 0.1) is 6.92 Å². The minimum atomic E-state index is 0.100. The maximum absolute atomic E-state index is 5.67. The summed E-state index contributed by atoms with van der Waals surface area (Å²) in [6, 6.07) is 14.4. The van der Waals surface area contributed by atoms with E-state index in [2.05, 4.69) is 22.4 Å². The average molecular weight is 270 g/mol. The van der Waals surface area contributed by atoms with E-state index in [1.54, 1.807) is 0 Å². The summed E-state index contributed by atoms with van der Waals surface area (Å²) in [4.78, 5) is 4.60. The van der Waals surface area contributed by atoms with Gasteiger partial charge in [0.15, 0.2) is 0 Å². The highest BCUT2D eigenvalue weighted by Gasteiger charge is 2.13. The molecule has 106 valence electrons. The van der Waals surface area contributed by atoms with Gasteiger partial charge in [0.2, 0.25) is 0 Å². The molecule has 0 radical (unpaired) electrons. The van der Waals surface area contributed by atoms with Crippen molar-refractivity contribution in [3.63, 3.8) is 0 Å². The van der Waals surface area contributed by atoms with Crippen molar-refractivity contribution in [2.45, 2.75) is 32.9 Å². The Morgan fingerprint density at radius 3 is 2.30 bits per heavy atom. The number of pyridine rings is 1. The molecule has 1 aromatic heterocycles. The van der Waals surface area contributed by atoms with Gasteiger partial charge in [-0.1, -0.05) is 18.2 Å². The van der Waals surface area contributed by atoms with Crippen molar-refractivity contribution in [2.75, 3.05) is 7.05 Å². The van der Waals surface area contributed by atoms with Gasteiger partial charge in [0, 0.05) is 5.69 Å². The predicted octanol–water partition coefficient (Wildman–Crippen LogP) is 3.49. The number of hydrogen-bond donors (Lipinski definition) is 1. The van der Waals surface area contributed by atoms with Crippen LogP contribution in [0.25, 0.3) is 0 Å². The number of nitrogens with zero attached hydrogens (tertiary/aromatic N) is 1. The quantitative estimate of drug-likeness (QED) is 0.903. The van der Waals surface area contributed by atoms with E-state index in [1.807, 2.05) is 58.2 Å². The molecule has 0 aliphatic heterocycles. The van der Waals surface area contributed by atoms with Gasteiger partial charge in [0.05, 0.1) is 17.8 Å². The van der Waals surface area contributed by atoms with Crippen LogP contribution < -0.4 is 10.1 Å². The van der Waals surface area contributed by atoms with E-state index >= 15 is 0 Å². The Kier molecular flexibility index (Phi) is 4.74. The van der Waals surface area contributed by atoms with Gasteiger partial charge in [-0.05, 0) is 57.6 Å². The molecule has 1 heterocycles. The average Bonchev–Trinajstić information content (AvgIpc) is 2.41. The summed E-state index contributed by atoms with van der Waals surface area (Å²) in [5, 5.41) is 3.32. The molecule has 0 saturated heterocycles. The van der Waals surface area contributed by atoms with Gasteiger partial charge in [-0.2, -0.15) is 0 Å². The smallest absolute Gasteiger partial charge is 0.119 e. The first-order chi connectivity index (χ1) is 9.60. The first kappa shape index (κ1) is 14.5. The highest BCUT2D eigenvalue weighted by molar-refractivity contribution is 5.33. The van der Waals surface area contributed by atoms with Crippen LogP contribution in [0.2, 0.25) is 0 Å². The van der Waals surface area contributed by atoms with E-state index < -0.39 is 0 Å². The van der Waals surface area contributed by atoms with Crippen LogP contribution in [0.1, 0.15) is 36.8 Å². The van der Waals surface area contributed by atoms with Crippen molar-refractivity contribution in [3.05, 3.63) is 59.4 Å². The van der Waals surface area contributed by atoms with E-state index in [0.29, 0.717) is 0 Å². The summed E-state index contributed by atoms with van der Waals surface area (Å²) in [6.45, 7) is 6.07. The van der Waals surface area contributed by atoms with Crippen molar-refractivity contribution in [1.82, 2.24) is 10.3 Å². The van der Waals surface area contributed by atoms with E-state index in [-0.39, 0.29) is 12.1 Å². The highest BCUT2D eigenvalue weighted by atomic mass is 16.5. The van der Waals surface area contributed by atoms with Crippen LogP contribution in [0.4, 0.5) is 0 Å². The Bertz CT molecular complexity index is 549. The third-order valence-electron chi connectivity index (χ3n) is 3.08. The molecule has 2 rings (SSSR count). The Hall–Kier alpha value is -1.87. The number of rotatable bonds is 5. The molecule has 3 heteroatoms. The molecule has 0 saturated carbocycles. The number of hydrogen-bond acceptors (Lipinski definition) is 3. The lowest BCUT2D eigenvalue weighted by Gasteiger charge is -2.17. The number of ether oxygens (including phenoxy) is 1. The normalized spacial score (nSPS) is 12.4. The summed E-state index contributed by atoms with van der Waals surface area (Å²) in [6.07, 6.45) is 0.194. The van der Waals surface area contributed by atoms with E-state index in [0.717, 1.165) is 17.1 Å². The SMILES string of the molecule is CNC(c1ccc(OC(C)C)cc1)c1cccc(C)n1. The second kappa shape index (κ2) is 6.53. The molecule has 0 spiro atoms. The summed E-state index contributed by atoms with van der Waals surface area (Å²) in [5.41, 5.74) is 3.24. The fraction of sp³-hybridized carbons (Fsp3) is 0.353. The molecule has 1 atom stereocenters. The Morgan fingerprint density at radius 1 is 1.05 bits per heavy atom. The van der Waals surface area contributed by atoms with E-state index in [1.165, 1.54) is 5.56 Å². The highest BCUT2D eigenvalue weighted by Crippen LogP contribution is 2.23. The van der Waals surface area contributed by atoms with Crippen molar-refractivity contribution < 1.29 is 4.74 Å². The molecule has 0 aliphatic carbocycles. The number of aryl methyl sites for hydroxylation is 1. The monoisotopic (exact) mass is 270 g/mol. The molecule has 20 heavy (non-hydrogen) atoms. The second-order valence-corrected chi connectivity index (χ2v) is 5.16. The standard InChI is InChI=1S/C17H22N2O/c1-12(2)20-15-10-8-14(9-11-15)17(18-4)16-7-5-6-13(3)19-16/h5-12,17-18H,1-4H3. The first-order valence-corrected chi connectivity index (χ1v) is 6.97. The summed E-state index contributed by atoms with van der Waals surface area (Å²) < 4.78 is 5.67. The lowest BCUT2D eigenvalue weighted by Crippen LogP contribution is -2.19. The van der Waals surface area contributed by atoms with Gasteiger partial charge in [0.25, 0.3) is 0 Å². The Balaban J connectivity index is 2.23. The molecular weight excluding hydrogens is 248 g/mol. The molecule has 0 bridgehead atoms. The van der Waals surface area contributed by atoms with Gasteiger partial charge in [-0.15, -0.1) is 0 Å². The fourth-order valence-corrected chi connectivity index (χ4v) is 2.22.